The highest BCUT2D eigenvalue weighted by Crippen LogP contribution is 2.29. The lowest BCUT2D eigenvalue weighted by Gasteiger charge is -2.00. The summed E-state index contributed by atoms with van der Waals surface area (Å²) >= 11 is 0.325. The van der Waals surface area contributed by atoms with Crippen LogP contribution in [-0.2, 0) is 27.1 Å². The first-order chi connectivity index (χ1) is 11.8. The molecule has 1 aromatic carbocycles. The Labute approximate surface area is 148 Å². The third kappa shape index (κ3) is 3.90. The van der Waals surface area contributed by atoms with E-state index in [1.54, 1.807) is 0 Å². The van der Waals surface area contributed by atoms with Crippen molar-refractivity contribution in [1.29, 1.82) is 0 Å². The zero-order valence-electron chi connectivity index (χ0n) is 12.5. The number of nitro groups is 2. The lowest BCUT2D eigenvalue weighted by atomic mass is 10.3. The first-order valence-corrected chi connectivity index (χ1v) is 9.94. The SMILES string of the molecule is Cn1nc(S(N)(=O)=O)s/c1=N\S(=O)(=O)c1ccc([N+](=O)[O-])cc1[N+](=O)[O-]. The highest BCUT2D eigenvalue weighted by atomic mass is 32.2. The fraction of sp³-hybridized carbons (Fsp3) is 0.111. The van der Waals surface area contributed by atoms with Crippen molar-refractivity contribution in [2.75, 3.05) is 0 Å². The molecule has 0 aliphatic heterocycles. The van der Waals surface area contributed by atoms with Gasteiger partial charge in [-0.3, -0.25) is 20.2 Å². The third-order valence-electron chi connectivity index (χ3n) is 2.76. The van der Waals surface area contributed by atoms with Crippen molar-refractivity contribution < 1.29 is 26.7 Å². The summed E-state index contributed by atoms with van der Waals surface area (Å²) in [6.45, 7) is 0. The van der Waals surface area contributed by atoms with Crippen molar-refractivity contribution >= 4 is 42.8 Å². The van der Waals surface area contributed by atoms with E-state index >= 15 is 0 Å². The van der Waals surface area contributed by atoms with Gasteiger partial charge in [-0.1, -0.05) is 11.3 Å². The molecule has 0 radical (unpaired) electrons. The van der Waals surface area contributed by atoms with Crippen LogP contribution in [0.3, 0.4) is 0 Å². The molecule has 17 heteroatoms. The summed E-state index contributed by atoms with van der Waals surface area (Å²) < 4.78 is 50.7. The summed E-state index contributed by atoms with van der Waals surface area (Å²) in [6.07, 6.45) is 0. The fourth-order valence-corrected chi connectivity index (χ4v) is 4.57. The molecule has 1 aromatic heterocycles. The minimum atomic E-state index is -4.71. The van der Waals surface area contributed by atoms with Gasteiger partial charge >= 0.3 is 0 Å². The number of nitrogens with two attached hydrogens (primary N) is 1. The number of non-ortho nitro benzene ring substituents is 1. The molecule has 1 heterocycles. The van der Waals surface area contributed by atoms with Gasteiger partial charge in [0.05, 0.1) is 15.9 Å². The predicted octanol–water partition coefficient (Wildman–Crippen LogP) is -0.765. The zero-order valence-corrected chi connectivity index (χ0v) is 15.0. The average Bonchev–Trinajstić information content (AvgIpc) is 2.87. The van der Waals surface area contributed by atoms with Gasteiger partial charge in [0.2, 0.25) is 9.14 Å². The number of nitro benzene ring substituents is 2. The maximum atomic E-state index is 12.4. The molecule has 0 spiro atoms. The van der Waals surface area contributed by atoms with E-state index < -0.39 is 55.3 Å². The number of hydrogen-bond acceptors (Lipinski definition) is 10. The summed E-state index contributed by atoms with van der Waals surface area (Å²) in [4.78, 5) is 18.4. The van der Waals surface area contributed by atoms with Crippen molar-refractivity contribution in [3.8, 4) is 0 Å². The number of nitrogens with zero attached hydrogens (tertiary/aromatic N) is 5. The van der Waals surface area contributed by atoms with Crippen LogP contribution in [-0.4, -0.2) is 36.5 Å². The van der Waals surface area contributed by atoms with E-state index in [9.17, 15) is 37.1 Å². The number of primary sulfonamides is 1. The van der Waals surface area contributed by atoms with Crippen molar-refractivity contribution in [1.82, 2.24) is 9.78 Å². The van der Waals surface area contributed by atoms with E-state index in [1.165, 1.54) is 7.05 Å². The minimum absolute atomic E-state index is 0.325. The first kappa shape index (κ1) is 19.6. The predicted molar refractivity (Wildman–Crippen MR) is 85.0 cm³/mol. The molecule has 14 nitrogen and oxygen atoms in total. The van der Waals surface area contributed by atoms with Gasteiger partial charge in [-0.2, -0.15) is 8.42 Å². The van der Waals surface area contributed by atoms with Gasteiger partial charge in [-0.25, -0.2) is 18.2 Å². The lowest BCUT2D eigenvalue weighted by molar-refractivity contribution is -0.396. The quantitative estimate of drug-likeness (QED) is 0.471. The zero-order chi connectivity index (χ0) is 19.9. The van der Waals surface area contributed by atoms with Crippen LogP contribution in [0.2, 0.25) is 0 Å². The van der Waals surface area contributed by atoms with Gasteiger partial charge in [0.1, 0.15) is 0 Å². The summed E-state index contributed by atoms with van der Waals surface area (Å²) in [5.74, 6) is 0. The maximum absolute atomic E-state index is 12.4. The van der Waals surface area contributed by atoms with Crippen LogP contribution in [0.5, 0.6) is 0 Å². The summed E-state index contributed by atoms with van der Waals surface area (Å²) in [6, 6.07) is 1.90. The number of hydrogen-bond donors (Lipinski definition) is 1. The Kier molecular flexibility index (Phi) is 4.90. The first-order valence-electron chi connectivity index (χ1n) is 6.14. The molecule has 2 rings (SSSR count). The Morgan fingerprint density at radius 3 is 2.27 bits per heavy atom. The molecule has 0 atom stereocenters. The topological polar surface area (TPSA) is 211 Å². The second kappa shape index (κ2) is 6.52. The highest BCUT2D eigenvalue weighted by molar-refractivity contribution is 7.91. The van der Waals surface area contributed by atoms with Crippen LogP contribution in [0, 0.1) is 20.2 Å². The standard InChI is InChI=1S/C9H8N6O8S3/c1-13-8(24-9(11-13)25(10,20)21)12-26(22,23)7-3-2-5(14(16)17)4-6(7)15(18)19/h2-4H,1H3,(H2,10,20,21)/b12-8-. The molecule has 2 aromatic rings. The third-order valence-corrected chi connectivity index (χ3v) is 6.50. The van der Waals surface area contributed by atoms with Crippen molar-refractivity contribution in [3.63, 3.8) is 0 Å². The molecule has 2 N–H and O–H groups in total. The molecule has 0 aliphatic rings. The van der Waals surface area contributed by atoms with E-state index in [0.717, 1.165) is 10.7 Å². The minimum Gasteiger partial charge on any atom is -0.258 e. The second-order valence-corrected chi connectivity index (χ2v) is 8.82. The summed E-state index contributed by atoms with van der Waals surface area (Å²) in [5.41, 5.74) is -1.74. The lowest BCUT2D eigenvalue weighted by Crippen LogP contribution is -2.16. The van der Waals surface area contributed by atoms with Gasteiger partial charge in [0.15, 0.2) is 4.90 Å². The Bertz CT molecular complexity index is 1190. The molecular weight excluding hydrogens is 416 g/mol. The van der Waals surface area contributed by atoms with Gasteiger partial charge in [-0.05, 0) is 6.07 Å². The number of aryl methyl sites for hydroxylation is 1. The van der Waals surface area contributed by atoms with Crippen LogP contribution < -0.4 is 9.94 Å². The van der Waals surface area contributed by atoms with Crippen LogP contribution in [0.4, 0.5) is 11.4 Å². The monoisotopic (exact) mass is 424 g/mol. The fourth-order valence-electron chi connectivity index (χ4n) is 1.65. The molecule has 0 saturated heterocycles. The summed E-state index contributed by atoms with van der Waals surface area (Å²) in [7, 11) is -7.74. The average molecular weight is 424 g/mol. The highest BCUT2D eigenvalue weighted by Gasteiger charge is 2.29. The van der Waals surface area contributed by atoms with Crippen LogP contribution in [0.25, 0.3) is 0 Å². The Balaban J connectivity index is 2.71. The van der Waals surface area contributed by atoms with Crippen molar-refractivity contribution in [3.05, 3.63) is 43.2 Å². The van der Waals surface area contributed by atoms with E-state index in [-0.39, 0.29) is 0 Å². The van der Waals surface area contributed by atoms with Crippen LogP contribution in [0.1, 0.15) is 0 Å². The molecule has 140 valence electrons. The second-order valence-electron chi connectivity index (χ2n) is 4.55. The van der Waals surface area contributed by atoms with Gasteiger partial charge in [-0.15, -0.1) is 9.50 Å². The van der Waals surface area contributed by atoms with Gasteiger partial charge in [0.25, 0.3) is 31.4 Å². The largest absolute Gasteiger partial charge is 0.296 e. The molecule has 0 amide bonds. The number of benzene rings is 1. The van der Waals surface area contributed by atoms with E-state index in [4.69, 9.17) is 5.14 Å². The van der Waals surface area contributed by atoms with Crippen molar-refractivity contribution in [2.24, 2.45) is 16.6 Å². The number of sulfonamides is 2. The van der Waals surface area contributed by atoms with Crippen LogP contribution >= 0.6 is 11.3 Å². The van der Waals surface area contributed by atoms with Crippen molar-refractivity contribution in [2.45, 2.75) is 9.24 Å². The normalized spacial score (nSPS) is 12.9. The Morgan fingerprint density at radius 1 is 1.19 bits per heavy atom. The van der Waals surface area contributed by atoms with E-state index in [1.807, 2.05) is 0 Å². The van der Waals surface area contributed by atoms with Gasteiger partial charge < -0.3 is 0 Å². The molecule has 0 unspecified atom stereocenters. The molecule has 0 bridgehead atoms. The molecule has 0 aliphatic carbocycles. The van der Waals surface area contributed by atoms with Crippen LogP contribution in [0.15, 0.2) is 31.8 Å². The number of rotatable bonds is 5. The van der Waals surface area contributed by atoms with E-state index in [0.29, 0.717) is 23.5 Å². The Morgan fingerprint density at radius 2 is 1.81 bits per heavy atom. The Hall–Kier alpha value is -2.76. The smallest absolute Gasteiger partial charge is 0.258 e. The van der Waals surface area contributed by atoms with E-state index in [2.05, 4.69) is 9.50 Å². The molecular formula is C9H8N6O8S3. The molecule has 0 fully saturated rings. The molecule has 26 heavy (non-hydrogen) atoms. The van der Waals surface area contributed by atoms with Gasteiger partial charge in [0, 0.05) is 13.1 Å². The molecule has 0 saturated carbocycles. The summed E-state index contributed by atoms with van der Waals surface area (Å²) in [5, 5.41) is 30.1. The number of aromatic nitrogens is 2. The maximum Gasteiger partial charge on any atom is 0.296 e.